The lowest BCUT2D eigenvalue weighted by atomic mass is 9.84. The number of thioether (sulfide) groups is 2. The topological polar surface area (TPSA) is 321 Å². The molecule has 2 saturated heterocycles. The van der Waals surface area contributed by atoms with Crippen LogP contribution >= 0.6 is 23.5 Å². The Balaban J connectivity index is 1.53. The summed E-state index contributed by atoms with van der Waals surface area (Å²) >= 11 is 2.93. The number of nitrogens with zero attached hydrogens (tertiary/aromatic N) is 4. The molecule has 0 aromatic carbocycles. The number of hydrogen-bond acceptors (Lipinski definition) is 16. The number of pyridine rings is 1. The first-order valence-electron chi connectivity index (χ1n) is 26.2. The molecular weight excluding hydrogens is 1010 g/mol. The van der Waals surface area contributed by atoms with E-state index in [9.17, 15) is 53.7 Å². The normalized spacial score (nSPS) is 23.1. The zero-order valence-corrected chi connectivity index (χ0v) is 45.9. The van der Waals surface area contributed by atoms with Gasteiger partial charge >= 0.3 is 0 Å². The second-order valence-corrected chi connectivity index (χ2v) is 22.6. The molecule has 1 spiro atoms. The third-order valence-corrected chi connectivity index (χ3v) is 16.1. The van der Waals surface area contributed by atoms with Gasteiger partial charge in [0.25, 0.3) is 5.91 Å². The number of piperidine rings is 2. The molecule has 22 nitrogen and oxygen atoms in total. The van der Waals surface area contributed by atoms with Gasteiger partial charge in [0.2, 0.25) is 41.4 Å². The highest BCUT2D eigenvalue weighted by Crippen LogP contribution is 2.27. The molecule has 2 fully saturated rings. The smallest absolute Gasteiger partial charge is 0.259 e. The monoisotopic (exact) mass is 1090 g/mol. The van der Waals surface area contributed by atoms with Crippen LogP contribution in [-0.4, -0.2) is 195 Å². The van der Waals surface area contributed by atoms with Crippen molar-refractivity contribution in [3.8, 4) is 0 Å². The van der Waals surface area contributed by atoms with E-state index in [1.165, 1.54) is 23.5 Å². The van der Waals surface area contributed by atoms with Gasteiger partial charge in [0.05, 0.1) is 30.6 Å². The van der Waals surface area contributed by atoms with E-state index in [0.29, 0.717) is 49.6 Å². The summed E-state index contributed by atoms with van der Waals surface area (Å²) in [6.07, 6.45) is -2.45. The van der Waals surface area contributed by atoms with Crippen molar-refractivity contribution in [2.45, 2.75) is 158 Å². The SMILES string of the molecule is C=NC(=O)CN1CCC(NC(=O)[C@@H]2CSCc3cccc(n3)CSCCC(=O)NC3(CCN(C(=O)C(C)CCC(=O)NCC[C@@H](O)C(O)[C@H](O)CO)CC3)C(=O)N[C@@H](CC(C)C)C(=O)N[C@@H]([C@@H](C)CC)C(=O)N2)CC1. The van der Waals surface area contributed by atoms with E-state index < -0.39 is 84.0 Å². The number of aliphatic hydroxyl groups is 4. The van der Waals surface area contributed by atoms with Crippen molar-refractivity contribution in [2.24, 2.45) is 22.7 Å². The van der Waals surface area contributed by atoms with Crippen LogP contribution in [0.2, 0.25) is 0 Å². The van der Waals surface area contributed by atoms with Crippen LogP contribution in [0.3, 0.4) is 0 Å². The van der Waals surface area contributed by atoms with Crippen LogP contribution in [0.15, 0.2) is 23.2 Å². The van der Waals surface area contributed by atoms with Gasteiger partial charge in [-0.15, -0.1) is 0 Å². The van der Waals surface area contributed by atoms with Crippen molar-refractivity contribution < 1.29 is 58.8 Å². The Kier molecular flexibility index (Phi) is 26.4. The quantitative estimate of drug-likeness (QED) is 0.0850. The Hall–Kier alpha value is -4.72. The van der Waals surface area contributed by atoms with Gasteiger partial charge in [-0.3, -0.25) is 48.2 Å². The van der Waals surface area contributed by atoms with E-state index in [2.05, 4.69) is 43.6 Å². The number of aliphatic hydroxyl groups excluding tert-OH is 4. The van der Waals surface area contributed by atoms with Crippen LogP contribution in [-0.2, 0) is 49.9 Å². The first kappa shape index (κ1) is 62.8. The summed E-state index contributed by atoms with van der Waals surface area (Å²) in [5.74, 6) is -3.08. The Bertz CT molecular complexity index is 2090. The van der Waals surface area contributed by atoms with Crippen LogP contribution in [0, 0.1) is 17.8 Å². The number of aliphatic imine (C=N–C) groups is 1. The lowest BCUT2D eigenvalue weighted by molar-refractivity contribution is -0.143. The van der Waals surface area contributed by atoms with Gasteiger partial charge < -0.3 is 57.2 Å². The van der Waals surface area contributed by atoms with E-state index in [1.807, 2.05) is 50.8 Å². The molecule has 420 valence electrons. The van der Waals surface area contributed by atoms with E-state index in [-0.39, 0.29) is 112 Å². The first-order valence-corrected chi connectivity index (χ1v) is 28.6. The molecule has 8 atom stereocenters. The molecule has 3 aliphatic rings. The highest BCUT2D eigenvalue weighted by molar-refractivity contribution is 7.98. The summed E-state index contributed by atoms with van der Waals surface area (Å²) in [6.45, 7) is 13.2. The van der Waals surface area contributed by atoms with Crippen molar-refractivity contribution in [1.82, 2.24) is 46.7 Å². The molecule has 0 saturated carbocycles. The highest BCUT2D eigenvalue weighted by Gasteiger charge is 2.45. The molecule has 8 amide bonds. The maximum atomic E-state index is 14.7. The Morgan fingerprint density at radius 2 is 1.57 bits per heavy atom. The number of fused-ring (bicyclic) bond motifs is 2. The van der Waals surface area contributed by atoms with Crippen molar-refractivity contribution >= 4 is 77.5 Å². The number of carbonyl (C=O) groups is 8. The van der Waals surface area contributed by atoms with Gasteiger partial charge in [0, 0.05) is 80.5 Å². The molecule has 10 N–H and O–H groups in total. The lowest BCUT2D eigenvalue weighted by Crippen LogP contribution is -2.66. The van der Waals surface area contributed by atoms with Gasteiger partial charge in [-0.05, 0) is 75.6 Å². The molecule has 4 heterocycles. The van der Waals surface area contributed by atoms with E-state index in [0.717, 1.165) is 11.4 Å². The summed E-state index contributed by atoms with van der Waals surface area (Å²) in [4.78, 5) is 122. The molecular formula is C51H82N10O12S2. The summed E-state index contributed by atoms with van der Waals surface area (Å²) in [7, 11) is 0. The van der Waals surface area contributed by atoms with Gasteiger partial charge in [-0.1, -0.05) is 47.1 Å². The molecule has 2 bridgehead atoms. The fourth-order valence-electron chi connectivity index (χ4n) is 9.10. The van der Waals surface area contributed by atoms with Gasteiger partial charge in [-0.25, -0.2) is 4.99 Å². The van der Waals surface area contributed by atoms with Crippen LogP contribution < -0.4 is 31.9 Å². The maximum absolute atomic E-state index is 14.7. The third kappa shape index (κ3) is 20.3. The van der Waals surface area contributed by atoms with Gasteiger partial charge in [0.1, 0.15) is 35.9 Å². The fraction of sp³-hybridized carbons (Fsp3) is 0.725. The minimum absolute atomic E-state index is 0.0140. The Morgan fingerprint density at radius 3 is 2.20 bits per heavy atom. The molecule has 1 aromatic heterocycles. The summed E-state index contributed by atoms with van der Waals surface area (Å²) in [5, 5.41) is 56.0. The second-order valence-electron chi connectivity index (χ2n) is 20.5. The Labute approximate surface area is 449 Å². The zero-order chi connectivity index (χ0) is 55.2. The van der Waals surface area contributed by atoms with Crippen molar-refractivity contribution in [3.05, 3.63) is 29.6 Å². The Morgan fingerprint density at radius 1 is 0.907 bits per heavy atom. The molecule has 0 radical (unpaired) electrons. The maximum Gasteiger partial charge on any atom is 0.259 e. The van der Waals surface area contributed by atoms with E-state index in [4.69, 9.17) is 10.1 Å². The highest BCUT2D eigenvalue weighted by atomic mass is 32.2. The molecule has 24 heteroatoms. The fourth-order valence-corrected chi connectivity index (χ4v) is 10.9. The number of likely N-dealkylation sites (tertiary alicyclic amines) is 2. The van der Waals surface area contributed by atoms with E-state index in [1.54, 1.807) is 11.8 Å². The largest absolute Gasteiger partial charge is 0.394 e. The molecule has 3 aliphatic heterocycles. The molecule has 75 heavy (non-hydrogen) atoms. The number of amides is 8. The minimum Gasteiger partial charge on any atom is -0.394 e. The van der Waals surface area contributed by atoms with Crippen LogP contribution in [0.1, 0.15) is 110 Å². The van der Waals surface area contributed by atoms with Crippen LogP contribution in [0.5, 0.6) is 0 Å². The van der Waals surface area contributed by atoms with Gasteiger partial charge in [-0.2, -0.15) is 23.5 Å². The van der Waals surface area contributed by atoms with Crippen LogP contribution in [0.25, 0.3) is 0 Å². The molecule has 0 aliphatic carbocycles. The van der Waals surface area contributed by atoms with Gasteiger partial charge in [0.15, 0.2) is 0 Å². The standard InChI is InChI=1S/C51H82N10O12S2/c1-7-32(4)44-48(71)56-38(47(70)55-34-14-20-60(21-15-34)26-43(67)52-6)30-75-29-36-10-8-9-35(54-36)28-74-24-16-42(66)59-51(50(73)57-37(25-31(2)3)46(69)58-44)17-22-61(23-18-51)49(72)33(5)11-12-41(65)53-19-13-39(63)45(68)40(64)27-62/h8-10,31-34,37-40,44-45,62-64,68H,6-7,11-30H2,1-5H3,(H,53,65)(H,55,70)(H,56,71)(H,57,73)(H,58,69)(H,59,66)/t32-,33?,37-,38-,39+,40+,44-,45?/m0/s1. The first-order chi connectivity index (χ1) is 35.7. The number of aromatic nitrogens is 1. The van der Waals surface area contributed by atoms with Crippen molar-refractivity contribution in [2.75, 3.05) is 57.4 Å². The zero-order valence-electron chi connectivity index (χ0n) is 44.2. The predicted octanol–water partition coefficient (Wildman–Crippen LogP) is -0.219. The number of carbonyl (C=O) groups excluding carboxylic acids is 8. The molecule has 2 unspecified atom stereocenters. The minimum atomic E-state index is -1.58. The molecule has 1 aromatic rings. The average Bonchev–Trinajstić information content (AvgIpc) is 3.39. The number of hydrogen-bond donors (Lipinski definition) is 10. The molecule has 4 rings (SSSR count). The predicted molar refractivity (Wildman–Crippen MR) is 286 cm³/mol. The summed E-state index contributed by atoms with van der Waals surface area (Å²) < 4.78 is 0. The third-order valence-electron chi connectivity index (χ3n) is 14.1. The number of nitrogens with one attached hydrogen (secondary N) is 6. The van der Waals surface area contributed by atoms with Crippen molar-refractivity contribution in [1.29, 1.82) is 0 Å². The second kappa shape index (κ2) is 31.5. The van der Waals surface area contributed by atoms with Crippen LogP contribution in [0.4, 0.5) is 0 Å². The summed E-state index contributed by atoms with van der Waals surface area (Å²) in [5.41, 5.74) is 0.0400. The number of rotatable bonds is 18. The van der Waals surface area contributed by atoms with Crippen molar-refractivity contribution in [3.63, 3.8) is 0 Å². The summed E-state index contributed by atoms with van der Waals surface area (Å²) in [6, 6.07) is 2.24. The lowest BCUT2D eigenvalue weighted by Gasteiger charge is -2.42. The van der Waals surface area contributed by atoms with E-state index >= 15 is 0 Å². The average molecular weight is 1090 g/mol.